The smallest absolute Gasteiger partial charge is 0.0897 e. The van der Waals surface area contributed by atoms with Crippen molar-refractivity contribution in [2.45, 2.75) is 50.9 Å². The molecule has 1 aliphatic rings. The van der Waals surface area contributed by atoms with Crippen molar-refractivity contribution >= 4 is 0 Å². The molecule has 5 heteroatoms. The molecule has 0 aromatic carbocycles. The zero-order valence-corrected chi connectivity index (χ0v) is 12.5. The van der Waals surface area contributed by atoms with Crippen molar-refractivity contribution in [2.24, 2.45) is 0 Å². The van der Waals surface area contributed by atoms with Crippen LogP contribution >= 0.6 is 0 Å². The summed E-state index contributed by atoms with van der Waals surface area (Å²) in [6.45, 7) is 6.76. The van der Waals surface area contributed by atoms with Gasteiger partial charge >= 0.3 is 0 Å². The third kappa shape index (κ3) is 6.68. The van der Waals surface area contributed by atoms with E-state index in [0.717, 1.165) is 19.4 Å². The Labute approximate surface area is 116 Å². The van der Waals surface area contributed by atoms with Crippen LogP contribution in [-0.2, 0) is 14.2 Å². The maximum atomic E-state index is 9.75. The van der Waals surface area contributed by atoms with E-state index in [1.54, 1.807) is 7.11 Å². The van der Waals surface area contributed by atoms with Crippen LogP contribution in [0.4, 0.5) is 0 Å². The Morgan fingerprint density at radius 3 is 2.53 bits per heavy atom. The molecule has 0 amide bonds. The molecule has 5 nitrogen and oxygen atoms in total. The van der Waals surface area contributed by atoms with Crippen LogP contribution in [0.3, 0.4) is 0 Å². The SMILES string of the molecule is COC1(CNCC(O)COCCOC(C)C)CCC1. The highest BCUT2D eigenvalue weighted by Crippen LogP contribution is 2.34. The van der Waals surface area contributed by atoms with Crippen molar-refractivity contribution in [1.82, 2.24) is 5.32 Å². The average molecular weight is 275 g/mol. The fourth-order valence-electron chi connectivity index (χ4n) is 2.11. The normalized spacial score (nSPS) is 19.4. The van der Waals surface area contributed by atoms with Crippen molar-refractivity contribution in [3.05, 3.63) is 0 Å². The third-order valence-corrected chi connectivity index (χ3v) is 3.51. The first kappa shape index (κ1) is 16.9. The summed E-state index contributed by atoms with van der Waals surface area (Å²) in [7, 11) is 1.76. The summed E-state index contributed by atoms with van der Waals surface area (Å²) < 4.78 is 16.2. The van der Waals surface area contributed by atoms with E-state index in [4.69, 9.17) is 14.2 Å². The molecule has 1 fully saturated rings. The Morgan fingerprint density at radius 2 is 2.00 bits per heavy atom. The molecular weight excluding hydrogens is 246 g/mol. The molecule has 2 N–H and O–H groups in total. The van der Waals surface area contributed by atoms with Gasteiger partial charge in [-0.3, -0.25) is 0 Å². The van der Waals surface area contributed by atoms with Crippen LogP contribution < -0.4 is 5.32 Å². The van der Waals surface area contributed by atoms with Crippen molar-refractivity contribution in [3.8, 4) is 0 Å². The first-order valence-electron chi connectivity index (χ1n) is 7.21. The van der Waals surface area contributed by atoms with Gasteiger partial charge in [0.15, 0.2) is 0 Å². The predicted molar refractivity (Wildman–Crippen MR) is 74.4 cm³/mol. The van der Waals surface area contributed by atoms with E-state index in [-0.39, 0.29) is 11.7 Å². The zero-order valence-electron chi connectivity index (χ0n) is 12.5. The number of hydrogen-bond donors (Lipinski definition) is 2. The minimum Gasteiger partial charge on any atom is -0.389 e. The fourth-order valence-corrected chi connectivity index (χ4v) is 2.11. The standard InChI is InChI=1S/C14H29NO4/c1-12(2)19-8-7-18-10-13(16)9-15-11-14(17-3)5-4-6-14/h12-13,15-16H,4-11H2,1-3H3. The van der Waals surface area contributed by atoms with Crippen molar-refractivity contribution in [3.63, 3.8) is 0 Å². The number of aliphatic hydroxyl groups is 1. The van der Waals surface area contributed by atoms with E-state index in [2.05, 4.69) is 5.32 Å². The summed E-state index contributed by atoms with van der Waals surface area (Å²) in [5.74, 6) is 0. The van der Waals surface area contributed by atoms with Gasteiger partial charge in [-0.1, -0.05) is 0 Å². The second-order valence-electron chi connectivity index (χ2n) is 5.52. The highest BCUT2D eigenvalue weighted by atomic mass is 16.5. The van der Waals surface area contributed by atoms with Gasteiger partial charge in [0.2, 0.25) is 0 Å². The van der Waals surface area contributed by atoms with Crippen LogP contribution in [-0.4, -0.2) is 62.9 Å². The van der Waals surface area contributed by atoms with Crippen molar-refractivity contribution < 1.29 is 19.3 Å². The molecule has 1 unspecified atom stereocenters. The number of aliphatic hydroxyl groups excluding tert-OH is 1. The summed E-state index contributed by atoms with van der Waals surface area (Å²) in [6, 6.07) is 0. The monoisotopic (exact) mass is 275 g/mol. The molecule has 0 aromatic heterocycles. The van der Waals surface area contributed by atoms with E-state index in [9.17, 15) is 5.11 Å². The van der Waals surface area contributed by atoms with E-state index in [1.165, 1.54) is 6.42 Å². The summed E-state index contributed by atoms with van der Waals surface area (Å²) in [4.78, 5) is 0. The minimum absolute atomic E-state index is 0.00564. The number of nitrogens with one attached hydrogen (secondary N) is 1. The van der Waals surface area contributed by atoms with Gasteiger partial charge in [-0.2, -0.15) is 0 Å². The first-order chi connectivity index (χ1) is 9.08. The molecule has 1 aliphatic carbocycles. The number of methoxy groups -OCH3 is 1. The van der Waals surface area contributed by atoms with Crippen LogP contribution in [0.1, 0.15) is 33.1 Å². The maximum absolute atomic E-state index is 9.75. The first-order valence-corrected chi connectivity index (χ1v) is 7.21. The second kappa shape index (κ2) is 8.87. The Balaban J connectivity index is 1.94. The molecular formula is C14H29NO4. The zero-order chi connectivity index (χ0) is 14.1. The number of ether oxygens (including phenoxy) is 3. The molecule has 0 aliphatic heterocycles. The Hall–Kier alpha value is -0.200. The van der Waals surface area contributed by atoms with E-state index in [0.29, 0.717) is 26.4 Å². The van der Waals surface area contributed by atoms with Crippen LogP contribution in [0.2, 0.25) is 0 Å². The van der Waals surface area contributed by atoms with Crippen LogP contribution in [0.25, 0.3) is 0 Å². The Morgan fingerprint density at radius 1 is 1.26 bits per heavy atom. The molecule has 1 rings (SSSR count). The van der Waals surface area contributed by atoms with Crippen LogP contribution in [0.5, 0.6) is 0 Å². The maximum Gasteiger partial charge on any atom is 0.0897 e. The van der Waals surface area contributed by atoms with Crippen LogP contribution in [0, 0.1) is 0 Å². The summed E-state index contributed by atoms with van der Waals surface area (Å²) in [5, 5.41) is 13.0. The molecule has 0 bridgehead atoms. The highest BCUT2D eigenvalue weighted by molar-refractivity contribution is 4.91. The average Bonchev–Trinajstić information content (AvgIpc) is 2.32. The fraction of sp³-hybridized carbons (Fsp3) is 1.00. The summed E-state index contributed by atoms with van der Waals surface area (Å²) in [6.07, 6.45) is 3.19. The van der Waals surface area contributed by atoms with Gasteiger partial charge in [0, 0.05) is 20.2 Å². The lowest BCUT2D eigenvalue weighted by atomic mass is 9.80. The molecule has 0 heterocycles. The van der Waals surface area contributed by atoms with Gasteiger partial charge < -0.3 is 24.6 Å². The lowest BCUT2D eigenvalue weighted by Crippen LogP contribution is -2.49. The topological polar surface area (TPSA) is 60.0 Å². The van der Waals surface area contributed by atoms with Gasteiger partial charge in [0.25, 0.3) is 0 Å². The molecule has 114 valence electrons. The highest BCUT2D eigenvalue weighted by Gasteiger charge is 2.36. The largest absolute Gasteiger partial charge is 0.389 e. The Kier molecular flexibility index (Phi) is 7.87. The molecule has 0 aromatic rings. The minimum atomic E-state index is -0.479. The van der Waals surface area contributed by atoms with E-state index < -0.39 is 6.10 Å². The lowest BCUT2D eigenvalue weighted by Gasteiger charge is -2.40. The summed E-state index contributed by atoms with van der Waals surface area (Å²) in [5.41, 5.74) is 0.00564. The van der Waals surface area contributed by atoms with Gasteiger partial charge in [0.05, 0.1) is 37.6 Å². The summed E-state index contributed by atoms with van der Waals surface area (Å²) >= 11 is 0. The number of rotatable bonds is 11. The molecule has 1 atom stereocenters. The third-order valence-electron chi connectivity index (χ3n) is 3.51. The lowest BCUT2D eigenvalue weighted by molar-refractivity contribution is -0.0715. The van der Waals surface area contributed by atoms with E-state index >= 15 is 0 Å². The van der Waals surface area contributed by atoms with Crippen LogP contribution in [0.15, 0.2) is 0 Å². The quantitative estimate of drug-likeness (QED) is 0.550. The van der Waals surface area contributed by atoms with Crippen molar-refractivity contribution in [1.29, 1.82) is 0 Å². The second-order valence-corrected chi connectivity index (χ2v) is 5.52. The number of hydrogen-bond acceptors (Lipinski definition) is 5. The molecule has 0 radical (unpaired) electrons. The predicted octanol–water partition coefficient (Wildman–Crippen LogP) is 0.948. The van der Waals surface area contributed by atoms with Gasteiger partial charge in [-0.05, 0) is 33.1 Å². The molecule has 1 saturated carbocycles. The van der Waals surface area contributed by atoms with Gasteiger partial charge in [-0.25, -0.2) is 0 Å². The van der Waals surface area contributed by atoms with Gasteiger partial charge in [-0.15, -0.1) is 0 Å². The van der Waals surface area contributed by atoms with Gasteiger partial charge in [0.1, 0.15) is 0 Å². The molecule has 19 heavy (non-hydrogen) atoms. The van der Waals surface area contributed by atoms with Crippen molar-refractivity contribution in [2.75, 3.05) is 40.0 Å². The van der Waals surface area contributed by atoms with E-state index in [1.807, 2.05) is 13.8 Å². The Bertz CT molecular complexity index is 226. The molecule has 0 saturated heterocycles. The molecule has 0 spiro atoms.